The third kappa shape index (κ3) is 2.78. The van der Waals surface area contributed by atoms with E-state index in [2.05, 4.69) is 12.1 Å². The first-order valence-electron chi connectivity index (χ1n) is 8.69. The normalized spacial score (nSPS) is 17.4. The molecule has 1 saturated carbocycles. The molecule has 0 bridgehead atoms. The minimum absolute atomic E-state index is 0.00278. The summed E-state index contributed by atoms with van der Waals surface area (Å²) in [6, 6.07) is 5.43. The molecule has 0 N–H and O–H groups in total. The van der Waals surface area contributed by atoms with Gasteiger partial charge in [-0.05, 0) is 43.4 Å². The molecule has 2 aromatic rings. The van der Waals surface area contributed by atoms with E-state index >= 15 is 0 Å². The van der Waals surface area contributed by atoms with Crippen LogP contribution in [0.5, 0.6) is 0 Å². The van der Waals surface area contributed by atoms with E-state index in [9.17, 15) is 9.59 Å². The summed E-state index contributed by atoms with van der Waals surface area (Å²) < 4.78 is 5.33. The van der Waals surface area contributed by atoms with E-state index in [1.165, 1.54) is 17.7 Å². The molecule has 26 heavy (non-hydrogen) atoms. The van der Waals surface area contributed by atoms with Gasteiger partial charge >= 0.3 is 0 Å². The monoisotopic (exact) mass is 373 g/mol. The summed E-state index contributed by atoms with van der Waals surface area (Å²) in [6.07, 6.45) is 2.36. The van der Waals surface area contributed by atoms with Crippen molar-refractivity contribution in [1.29, 1.82) is 0 Å². The summed E-state index contributed by atoms with van der Waals surface area (Å²) in [7, 11) is 3.31. The fourth-order valence-corrected chi connectivity index (χ4v) is 3.79. The number of hydrogen-bond donors (Lipinski definition) is 0. The van der Waals surface area contributed by atoms with E-state index in [0.717, 1.165) is 5.56 Å². The summed E-state index contributed by atoms with van der Waals surface area (Å²) in [5, 5.41) is 4.25. The van der Waals surface area contributed by atoms with Crippen LogP contribution < -0.4 is 0 Å². The molecular weight excluding hydrogens is 354 g/mol. The number of amides is 2. The molecular formula is C19H20ClN3O3. The lowest BCUT2D eigenvalue weighted by Gasteiger charge is -2.23. The molecule has 6 nitrogen and oxygen atoms in total. The fraction of sp³-hybridized carbons (Fsp3) is 0.421. The Morgan fingerprint density at radius 1 is 1.35 bits per heavy atom. The molecule has 136 valence electrons. The van der Waals surface area contributed by atoms with E-state index < -0.39 is 0 Å². The van der Waals surface area contributed by atoms with Crippen LogP contribution in [0.3, 0.4) is 0 Å². The van der Waals surface area contributed by atoms with Crippen molar-refractivity contribution in [1.82, 2.24) is 15.0 Å². The Balaban J connectivity index is 1.66. The standard InChI is InChI=1S/C19H20ClN3O3/c1-10(11-4-5-11)23-9-13-6-12(7-14(20)17(13)19(23)25)16-8-15(21-26-16)18(24)22(2)3/h6-8,10-11H,4-5,9H2,1-3H3. The van der Waals surface area contributed by atoms with Crippen LogP contribution in [0.1, 0.15) is 46.2 Å². The third-order valence-corrected chi connectivity index (χ3v) is 5.50. The van der Waals surface area contributed by atoms with Gasteiger partial charge in [0.2, 0.25) is 0 Å². The molecule has 1 fully saturated rings. The van der Waals surface area contributed by atoms with E-state index in [0.29, 0.717) is 34.4 Å². The lowest BCUT2D eigenvalue weighted by atomic mass is 10.0. The Morgan fingerprint density at radius 2 is 2.08 bits per heavy atom. The largest absolute Gasteiger partial charge is 0.355 e. The summed E-state index contributed by atoms with van der Waals surface area (Å²) in [5.41, 5.74) is 2.42. The fourth-order valence-electron chi connectivity index (χ4n) is 3.47. The van der Waals surface area contributed by atoms with Crippen molar-refractivity contribution in [2.24, 2.45) is 5.92 Å². The second-order valence-corrected chi connectivity index (χ2v) is 7.69. The zero-order chi connectivity index (χ0) is 18.6. The van der Waals surface area contributed by atoms with Crippen molar-refractivity contribution in [3.8, 4) is 11.3 Å². The van der Waals surface area contributed by atoms with Crippen molar-refractivity contribution in [2.45, 2.75) is 32.4 Å². The van der Waals surface area contributed by atoms with Gasteiger partial charge in [-0.2, -0.15) is 0 Å². The first-order chi connectivity index (χ1) is 12.4. The smallest absolute Gasteiger partial charge is 0.275 e. The van der Waals surface area contributed by atoms with Gasteiger partial charge in [0.25, 0.3) is 11.8 Å². The number of aromatic nitrogens is 1. The van der Waals surface area contributed by atoms with Gasteiger partial charge in [-0.25, -0.2) is 0 Å². The topological polar surface area (TPSA) is 66.7 Å². The van der Waals surface area contributed by atoms with E-state index in [4.69, 9.17) is 16.1 Å². The molecule has 1 atom stereocenters. The van der Waals surface area contributed by atoms with E-state index in [1.54, 1.807) is 26.2 Å². The van der Waals surface area contributed by atoms with Crippen LogP contribution >= 0.6 is 11.6 Å². The van der Waals surface area contributed by atoms with Crippen LogP contribution in [0, 0.1) is 5.92 Å². The predicted molar refractivity (Wildman–Crippen MR) is 97.0 cm³/mol. The zero-order valence-corrected chi connectivity index (χ0v) is 15.7. The maximum Gasteiger partial charge on any atom is 0.275 e. The van der Waals surface area contributed by atoms with Crippen LogP contribution in [0.4, 0.5) is 0 Å². The predicted octanol–water partition coefficient (Wildman–Crippen LogP) is 3.45. The number of carbonyl (C=O) groups is 2. The summed E-state index contributed by atoms with van der Waals surface area (Å²) in [6.45, 7) is 2.66. The first kappa shape index (κ1) is 17.1. The molecule has 7 heteroatoms. The van der Waals surface area contributed by atoms with Crippen LogP contribution in [0.25, 0.3) is 11.3 Å². The summed E-state index contributed by atoms with van der Waals surface area (Å²) in [5.74, 6) is 0.824. The zero-order valence-electron chi connectivity index (χ0n) is 15.0. The molecule has 4 rings (SSSR count). The number of fused-ring (bicyclic) bond motifs is 1. The number of rotatable bonds is 4. The Hall–Kier alpha value is -2.34. The Kier molecular flexibility index (Phi) is 4.03. The second kappa shape index (κ2) is 6.13. The molecule has 1 aromatic heterocycles. The minimum atomic E-state index is -0.230. The van der Waals surface area contributed by atoms with Gasteiger partial charge in [0, 0.05) is 38.3 Å². The minimum Gasteiger partial charge on any atom is -0.355 e. The van der Waals surface area contributed by atoms with E-state index in [1.807, 2.05) is 11.0 Å². The quantitative estimate of drug-likeness (QED) is 0.823. The van der Waals surface area contributed by atoms with Crippen LogP contribution in [-0.2, 0) is 6.54 Å². The number of hydrogen-bond acceptors (Lipinski definition) is 4. The van der Waals surface area contributed by atoms with Crippen molar-refractivity contribution in [3.63, 3.8) is 0 Å². The number of benzene rings is 1. The molecule has 2 heterocycles. The number of halogens is 1. The van der Waals surface area contributed by atoms with Gasteiger partial charge in [0.05, 0.1) is 10.6 Å². The van der Waals surface area contributed by atoms with Gasteiger partial charge in [-0.3, -0.25) is 9.59 Å². The van der Waals surface area contributed by atoms with Gasteiger partial charge in [0.1, 0.15) is 0 Å². The lowest BCUT2D eigenvalue weighted by molar-refractivity contribution is 0.0697. The summed E-state index contributed by atoms with van der Waals surface area (Å²) in [4.78, 5) is 28.1. The van der Waals surface area contributed by atoms with Crippen LogP contribution in [0.2, 0.25) is 5.02 Å². The SMILES string of the molecule is CC(C1CC1)N1Cc2cc(-c3cc(C(=O)N(C)C)no3)cc(Cl)c2C1=O. The molecule has 2 aliphatic rings. The summed E-state index contributed by atoms with van der Waals surface area (Å²) >= 11 is 6.42. The highest BCUT2D eigenvalue weighted by Crippen LogP contribution is 2.40. The Bertz CT molecular complexity index is 901. The first-order valence-corrected chi connectivity index (χ1v) is 9.06. The van der Waals surface area contributed by atoms with Gasteiger partial charge in [-0.1, -0.05) is 16.8 Å². The highest BCUT2D eigenvalue weighted by atomic mass is 35.5. The van der Waals surface area contributed by atoms with Gasteiger partial charge in [0.15, 0.2) is 11.5 Å². The molecule has 0 radical (unpaired) electrons. The molecule has 1 aliphatic heterocycles. The van der Waals surface area contributed by atoms with Gasteiger partial charge in [-0.15, -0.1) is 0 Å². The molecule has 0 spiro atoms. The average Bonchev–Trinajstić information content (AvgIpc) is 3.23. The Morgan fingerprint density at radius 3 is 2.73 bits per heavy atom. The van der Waals surface area contributed by atoms with Crippen LogP contribution in [0.15, 0.2) is 22.7 Å². The molecule has 2 amide bonds. The van der Waals surface area contributed by atoms with E-state index in [-0.39, 0.29) is 23.6 Å². The maximum absolute atomic E-state index is 12.8. The van der Waals surface area contributed by atoms with Crippen molar-refractivity contribution < 1.29 is 14.1 Å². The molecule has 1 aromatic carbocycles. The van der Waals surface area contributed by atoms with Gasteiger partial charge < -0.3 is 14.3 Å². The highest BCUT2D eigenvalue weighted by molar-refractivity contribution is 6.34. The molecule has 1 aliphatic carbocycles. The highest BCUT2D eigenvalue weighted by Gasteiger charge is 2.39. The van der Waals surface area contributed by atoms with Crippen molar-refractivity contribution >= 4 is 23.4 Å². The van der Waals surface area contributed by atoms with Crippen molar-refractivity contribution in [2.75, 3.05) is 14.1 Å². The maximum atomic E-state index is 12.8. The third-order valence-electron chi connectivity index (χ3n) is 5.20. The molecule has 0 saturated heterocycles. The molecule has 1 unspecified atom stereocenters. The second-order valence-electron chi connectivity index (χ2n) is 7.28. The number of nitrogens with zero attached hydrogens (tertiary/aromatic N) is 3. The van der Waals surface area contributed by atoms with Crippen LogP contribution in [-0.4, -0.2) is 46.9 Å². The average molecular weight is 374 g/mol. The Labute approximate surface area is 156 Å². The van der Waals surface area contributed by atoms with Crippen molar-refractivity contribution in [3.05, 3.63) is 40.0 Å². The lowest BCUT2D eigenvalue weighted by Crippen LogP contribution is -2.34. The number of carbonyl (C=O) groups excluding carboxylic acids is 2.